The largest absolute Gasteiger partial charge is 0.355 e. The molecule has 116 valence electrons. The molecule has 0 spiro atoms. The van der Waals surface area contributed by atoms with E-state index in [9.17, 15) is 9.59 Å². The first kappa shape index (κ1) is 16.4. The molecule has 1 amide bonds. The van der Waals surface area contributed by atoms with Crippen LogP contribution in [0.25, 0.3) is 0 Å². The van der Waals surface area contributed by atoms with Crippen molar-refractivity contribution >= 4 is 23.0 Å². The minimum absolute atomic E-state index is 0.0457. The van der Waals surface area contributed by atoms with Crippen LogP contribution in [-0.2, 0) is 4.79 Å². The van der Waals surface area contributed by atoms with Crippen molar-refractivity contribution < 1.29 is 9.59 Å². The summed E-state index contributed by atoms with van der Waals surface area (Å²) in [5.41, 5.74) is 1.20. The van der Waals surface area contributed by atoms with Gasteiger partial charge in [-0.15, -0.1) is 11.3 Å². The van der Waals surface area contributed by atoms with Gasteiger partial charge in [-0.2, -0.15) is 0 Å². The first-order valence-corrected chi connectivity index (χ1v) is 8.29. The van der Waals surface area contributed by atoms with Gasteiger partial charge in [0.05, 0.1) is 4.88 Å². The number of hydrogen-bond acceptors (Lipinski definition) is 3. The molecule has 0 fully saturated rings. The Bertz CT molecular complexity index is 634. The predicted octanol–water partition coefficient (Wildman–Crippen LogP) is 3.94. The van der Waals surface area contributed by atoms with Gasteiger partial charge in [0.1, 0.15) is 0 Å². The summed E-state index contributed by atoms with van der Waals surface area (Å²) in [6, 6.07) is 13.8. The summed E-state index contributed by atoms with van der Waals surface area (Å²) in [6.07, 6.45) is 0.517. The second kappa shape index (κ2) is 7.90. The van der Waals surface area contributed by atoms with Crippen LogP contribution in [0.2, 0.25) is 0 Å². The second-order valence-corrected chi connectivity index (χ2v) is 6.74. The van der Waals surface area contributed by atoms with Crippen LogP contribution in [0.5, 0.6) is 0 Å². The quantitative estimate of drug-likeness (QED) is 0.787. The van der Waals surface area contributed by atoms with Crippen molar-refractivity contribution in [2.75, 3.05) is 6.54 Å². The van der Waals surface area contributed by atoms with Crippen molar-refractivity contribution in [2.45, 2.75) is 32.6 Å². The number of benzene rings is 1. The third kappa shape index (κ3) is 4.81. The van der Waals surface area contributed by atoms with E-state index in [1.807, 2.05) is 37.3 Å². The molecule has 0 aliphatic heterocycles. The Hall–Kier alpha value is -1.94. The Morgan fingerprint density at radius 2 is 1.82 bits per heavy atom. The monoisotopic (exact) mass is 315 g/mol. The summed E-state index contributed by atoms with van der Waals surface area (Å²) in [4.78, 5) is 25.7. The maximum Gasteiger partial charge on any atom is 0.220 e. The second-order valence-electron chi connectivity index (χ2n) is 5.45. The zero-order chi connectivity index (χ0) is 15.9. The van der Waals surface area contributed by atoms with Crippen LogP contribution < -0.4 is 5.32 Å². The molecule has 22 heavy (non-hydrogen) atoms. The van der Waals surface area contributed by atoms with E-state index in [0.717, 1.165) is 9.75 Å². The van der Waals surface area contributed by atoms with E-state index >= 15 is 0 Å². The fraction of sp³-hybridized carbons (Fsp3) is 0.333. The minimum Gasteiger partial charge on any atom is -0.355 e. The topological polar surface area (TPSA) is 46.2 Å². The molecule has 0 saturated carbocycles. The molecule has 1 N–H and O–H groups in total. The number of rotatable bonds is 7. The standard InChI is InChI=1S/C18H21NO2S/c1-13(15-6-4-3-5-7-15)12-19-18(21)11-9-16(20)17-10-8-14(2)22-17/h3-8,10,13H,9,11-12H2,1-2H3,(H,19,21). The number of hydrogen-bond donors (Lipinski definition) is 1. The fourth-order valence-electron chi connectivity index (χ4n) is 2.19. The number of thiophene rings is 1. The number of aryl methyl sites for hydroxylation is 1. The predicted molar refractivity (Wildman–Crippen MR) is 90.5 cm³/mol. The Kier molecular flexibility index (Phi) is 5.90. The van der Waals surface area contributed by atoms with Gasteiger partial charge in [-0.05, 0) is 30.5 Å². The lowest BCUT2D eigenvalue weighted by molar-refractivity contribution is -0.121. The average molecular weight is 315 g/mol. The number of carbonyl (C=O) groups excluding carboxylic acids is 2. The van der Waals surface area contributed by atoms with Gasteiger partial charge >= 0.3 is 0 Å². The third-order valence-corrected chi connectivity index (χ3v) is 4.61. The van der Waals surface area contributed by atoms with Crippen molar-refractivity contribution in [1.29, 1.82) is 0 Å². The molecule has 1 unspecified atom stereocenters. The molecule has 0 saturated heterocycles. The van der Waals surface area contributed by atoms with Crippen LogP contribution in [0.4, 0.5) is 0 Å². The summed E-state index contributed by atoms with van der Waals surface area (Å²) < 4.78 is 0. The van der Waals surface area contributed by atoms with Crippen LogP contribution in [0, 0.1) is 6.92 Å². The van der Waals surface area contributed by atoms with Gasteiger partial charge in [-0.1, -0.05) is 37.3 Å². The highest BCUT2D eigenvalue weighted by Gasteiger charge is 2.12. The van der Waals surface area contributed by atoms with Gasteiger partial charge in [-0.3, -0.25) is 9.59 Å². The molecule has 3 nitrogen and oxygen atoms in total. The van der Waals surface area contributed by atoms with Gasteiger partial charge in [0.2, 0.25) is 5.91 Å². The Morgan fingerprint density at radius 1 is 1.09 bits per heavy atom. The lowest BCUT2D eigenvalue weighted by Gasteiger charge is -2.12. The van der Waals surface area contributed by atoms with Gasteiger partial charge in [0, 0.05) is 24.3 Å². The van der Waals surface area contributed by atoms with Crippen molar-refractivity contribution in [3.05, 3.63) is 57.8 Å². The summed E-state index contributed by atoms with van der Waals surface area (Å²) >= 11 is 1.48. The Morgan fingerprint density at radius 3 is 2.45 bits per heavy atom. The summed E-state index contributed by atoms with van der Waals surface area (Å²) in [7, 11) is 0. The van der Waals surface area contributed by atoms with Gasteiger partial charge in [-0.25, -0.2) is 0 Å². The van der Waals surface area contributed by atoms with Gasteiger partial charge < -0.3 is 5.32 Å². The third-order valence-electron chi connectivity index (χ3n) is 3.57. The highest BCUT2D eigenvalue weighted by Crippen LogP contribution is 2.17. The maximum absolute atomic E-state index is 12.0. The van der Waals surface area contributed by atoms with E-state index in [2.05, 4.69) is 24.4 Å². The molecule has 4 heteroatoms. The number of amides is 1. The number of Topliss-reactive ketones (excluding diaryl/α,β-unsaturated/α-hetero) is 1. The zero-order valence-electron chi connectivity index (χ0n) is 13.0. The Labute approximate surface area is 135 Å². The van der Waals surface area contributed by atoms with Crippen LogP contribution in [0.15, 0.2) is 42.5 Å². The first-order chi connectivity index (χ1) is 10.6. The van der Waals surface area contributed by atoms with Crippen LogP contribution in [0.1, 0.15) is 45.8 Å². The number of nitrogens with one attached hydrogen (secondary N) is 1. The molecular formula is C18H21NO2S. The SMILES string of the molecule is Cc1ccc(C(=O)CCC(=O)NCC(C)c2ccccc2)s1. The maximum atomic E-state index is 12.0. The van der Waals surface area contributed by atoms with Gasteiger partial charge in [0.25, 0.3) is 0 Å². The molecule has 1 atom stereocenters. The van der Waals surface area contributed by atoms with Crippen molar-refractivity contribution in [2.24, 2.45) is 0 Å². The molecular weight excluding hydrogens is 294 g/mol. The number of carbonyl (C=O) groups is 2. The minimum atomic E-state index is -0.0654. The van der Waals surface area contributed by atoms with Crippen molar-refractivity contribution in [1.82, 2.24) is 5.32 Å². The summed E-state index contributed by atoms with van der Waals surface area (Å²) in [5.74, 6) is 0.245. The lowest BCUT2D eigenvalue weighted by atomic mass is 10.0. The van der Waals surface area contributed by atoms with Gasteiger partial charge in [0.15, 0.2) is 5.78 Å². The highest BCUT2D eigenvalue weighted by molar-refractivity contribution is 7.14. The molecule has 1 heterocycles. The molecule has 1 aromatic carbocycles. The highest BCUT2D eigenvalue weighted by atomic mass is 32.1. The van der Waals surface area contributed by atoms with E-state index in [0.29, 0.717) is 6.54 Å². The smallest absolute Gasteiger partial charge is 0.220 e. The molecule has 0 bridgehead atoms. The van der Waals surface area contributed by atoms with Crippen molar-refractivity contribution in [3.8, 4) is 0 Å². The van der Waals surface area contributed by atoms with Crippen LogP contribution in [-0.4, -0.2) is 18.2 Å². The normalized spacial score (nSPS) is 11.9. The lowest BCUT2D eigenvalue weighted by Crippen LogP contribution is -2.27. The first-order valence-electron chi connectivity index (χ1n) is 7.47. The molecule has 1 aromatic heterocycles. The molecule has 2 aromatic rings. The Balaban J connectivity index is 1.73. The van der Waals surface area contributed by atoms with Crippen molar-refractivity contribution in [3.63, 3.8) is 0 Å². The zero-order valence-corrected chi connectivity index (χ0v) is 13.8. The van der Waals surface area contributed by atoms with E-state index in [1.54, 1.807) is 0 Å². The number of ketones is 1. The fourth-order valence-corrected chi connectivity index (χ4v) is 3.02. The average Bonchev–Trinajstić information content (AvgIpc) is 2.97. The van der Waals surface area contributed by atoms with Crippen LogP contribution >= 0.6 is 11.3 Å². The van der Waals surface area contributed by atoms with E-state index in [1.165, 1.54) is 16.9 Å². The van der Waals surface area contributed by atoms with E-state index in [-0.39, 0.29) is 30.4 Å². The molecule has 0 aliphatic carbocycles. The van der Waals surface area contributed by atoms with E-state index < -0.39 is 0 Å². The molecule has 2 rings (SSSR count). The van der Waals surface area contributed by atoms with E-state index in [4.69, 9.17) is 0 Å². The van der Waals surface area contributed by atoms with Crippen LogP contribution in [0.3, 0.4) is 0 Å². The molecule has 0 aliphatic rings. The summed E-state index contributed by atoms with van der Waals surface area (Å²) in [6.45, 7) is 4.64. The molecule has 0 radical (unpaired) electrons. The summed E-state index contributed by atoms with van der Waals surface area (Å²) in [5, 5.41) is 2.91.